The van der Waals surface area contributed by atoms with Crippen LogP contribution in [0.25, 0.3) is 0 Å². The fourth-order valence-electron chi connectivity index (χ4n) is 1.41. The number of amides is 1. The lowest BCUT2D eigenvalue weighted by molar-refractivity contribution is -0.700. The van der Waals surface area contributed by atoms with Gasteiger partial charge in [0, 0.05) is 19.1 Å². The zero-order valence-corrected chi connectivity index (χ0v) is 13.0. The molecule has 0 bridgehead atoms. The maximum Gasteiger partial charge on any atom is 0.407 e. The van der Waals surface area contributed by atoms with E-state index in [0.717, 1.165) is 6.54 Å². The molecule has 1 amide bonds. The topological polar surface area (TPSA) is 42.2 Å². The van der Waals surface area contributed by atoms with E-state index in [0.29, 0.717) is 6.54 Å². The molecule has 102 valence electrons. The second-order valence-corrected chi connectivity index (χ2v) is 4.96. The van der Waals surface area contributed by atoms with Crippen LogP contribution in [-0.2, 0) is 11.3 Å². The van der Waals surface area contributed by atoms with E-state index in [2.05, 4.69) is 9.88 Å². The number of nitrogens with zero attached hydrogens (tertiary/aromatic N) is 1. The Morgan fingerprint density at radius 1 is 1.39 bits per heavy atom. The highest BCUT2D eigenvalue weighted by Crippen LogP contribution is 2.05. The van der Waals surface area contributed by atoms with Gasteiger partial charge in [-0.15, -0.1) is 0 Å². The Morgan fingerprint density at radius 3 is 2.61 bits per heavy atom. The molecule has 0 atom stereocenters. The number of carbonyl (C=O) groups is 1. The van der Waals surface area contributed by atoms with Gasteiger partial charge in [-0.3, -0.25) is 0 Å². The Morgan fingerprint density at radius 2 is 2.06 bits per heavy atom. The molecule has 1 aromatic heterocycles. The maximum atomic E-state index is 11.4. The SMILES string of the molecule is Cc1cccc[n+]1CCNC(=O)OC(C)(C)C.[Br-]. The summed E-state index contributed by atoms with van der Waals surface area (Å²) in [4.78, 5) is 11.4. The van der Waals surface area contributed by atoms with Crippen LogP contribution in [0, 0.1) is 6.92 Å². The first-order valence-corrected chi connectivity index (χ1v) is 5.80. The molecule has 1 heterocycles. The molecule has 5 heteroatoms. The molecule has 4 nitrogen and oxygen atoms in total. The van der Waals surface area contributed by atoms with Crippen LogP contribution in [0.5, 0.6) is 0 Å². The van der Waals surface area contributed by atoms with Crippen LogP contribution in [0.15, 0.2) is 24.4 Å². The predicted molar refractivity (Wildman–Crippen MR) is 65.6 cm³/mol. The van der Waals surface area contributed by atoms with Crippen molar-refractivity contribution in [3.05, 3.63) is 30.1 Å². The van der Waals surface area contributed by atoms with E-state index in [9.17, 15) is 4.79 Å². The number of hydrogen-bond acceptors (Lipinski definition) is 2. The van der Waals surface area contributed by atoms with Crippen molar-refractivity contribution in [3.63, 3.8) is 0 Å². The molecule has 0 aliphatic carbocycles. The van der Waals surface area contributed by atoms with E-state index >= 15 is 0 Å². The Labute approximate surface area is 119 Å². The molecule has 1 aromatic rings. The monoisotopic (exact) mass is 316 g/mol. The van der Waals surface area contributed by atoms with Crippen LogP contribution in [0.2, 0.25) is 0 Å². The number of hydrogen-bond donors (Lipinski definition) is 1. The normalized spacial score (nSPS) is 10.4. The third-order valence-corrected chi connectivity index (χ3v) is 2.19. The van der Waals surface area contributed by atoms with Crippen LogP contribution < -0.4 is 26.9 Å². The average Bonchev–Trinajstić information content (AvgIpc) is 2.18. The van der Waals surface area contributed by atoms with Gasteiger partial charge in [0.15, 0.2) is 18.4 Å². The Balaban J connectivity index is 0.00000289. The summed E-state index contributed by atoms with van der Waals surface area (Å²) < 4.78 is 7.23. The summed E-state index contributed by atoms with van der Waals surface area (Å²) in [5, 5.41) is 2.73. The lowest BCUT2D eigenvalue weighted by atomic mass is 10.2. The molecule has 18 heavy (non-hydrogen) atoms. The van der Waals surface area contributed by atoms with Crippen molar-refractivity contribution in [2.24, 2.45) is 0 Å². The van der Waals surface area contributed by atoms with E-state index in [1.807, 2.05) is 52.1 Å². The number of carbonyl (C=O) groups excluding carboxylic acids is 1. The fraction of sp³-hybridized carbons (Fsp3) is 0.538. The lowest BCUT2D eigenvalue weighted by Gasteiger charge is -2.19. The number of halogens is 1. The van der Waals surface area contributed by atoms with E-state index in [1.54, 1.807) is 0 Å². The van der Waals surface area contributed by atoms with Crippen molar-refractivity contribution in [1.29, 1.82) is 0 Å². The van der Waals surface area contributed by atoms with E-state index in [4.69, 9.17) is 4.74 Å². The second-order valence-electron chi connectivity index (χ2n) is 4.96. The van der Waals surface area contributed by atoms with Gasteiger partial charge < -0.3 is 27.0 Å². The average molecular weight is 317 g/mol. The summed E-state index contributed by atoms with van der Waals surface area (Å²) >= 11 is 0. The van der Waals surface area contributed by atoms with Gasteiger partial charge in [0.2, 0.25) is 0 Å². The van der Waals surface area contributed by atoms with Crippen molar-refractivity contribution >= 4 is 6.09 Å². The largest absolute Gasteiger partial charge is 1.00 e. The van der Waals surface area contributed by atoms with Crippen molar-refractivity contribution in [3.8, 4) is 0 Å². The second kappa shape index (κ2) is 7.36. The number of alkyl carbamates (subject to hydrolysis) is 1. The molecule has 0 unspecified atom stereocenters. The van der Waals surface area contributed by atoms with Crippen LogP contribution in [0.4, 0.5) is 4.79 Å². The summed E-state index contributed by atoms with van der Waals surface area (Å²) in [5.74, 6) is 0. The molecule has 0 aromatic carbocycles. The summed E-state index contributed by atoms with van der Waals surface area (Å²) in [7, 11) is 0. The van der Waals surface area contributed by atoms with Gasteiger partial charge in [0.1, 0.15) is 5.60 Å². The molecule has 0 aliphatic heterocycles. The van der Waals surface area contributed by atoms with E-state index < -0.39 is 5.60 Å². The third-order valence-electron chi connectivity index (χ3n) is 2.19. The molecule has 0 spiro atoms. The van der Waals surface area contributed by atoms with Crippen LogP contribution >= 0.6 is 0 Å². The van der Waals surface area contributed by atoms with Gasteiger partial charge in [-0.05, 0) is 20.8 Å². The Bertz CT molecular complexity index is 389. The van der Waals surface area contributed by atoms with Gasteiger partial charge in [-0.2, -0.15) is 0 Å². The number of pyridine rings is 1. The highest BCUT2D eigenvalue weighted by Gasteiger charge is 2.16. The zero-order chi connectivity index (χ0) is 12.9. The molecule has 1 N–H and O–H groups in total. The van der Waals surface area contributed by atoms with Crippen LogP contribution in [0.3, 0.4) is 0 Å². The molecular formula is C13H21BrN2O2. The molecule has 0 radical (unpaired) electrons. The molecule has 0 saturated carbocycles. The van der Waals surface area contributed by atoms with Gasteiger partial charge in [-0.1, -0.05) is 6.07 Å². The third kappa shape index (κ3) is 6.59. The Hall–Kier alpha value is -1.10. The summed E-state index contributed by atoms with van der Waals surface area (Å²) in [6, 6.07) is 6.00. The summed E-state index contributed by atoms with van der Waals surface area (Å²) in [6.45, 7) is 8.89. The Kier molecular flexibility index (Phi) is 6.91. The maximum absolute atomic E-state index is 11.4. The first kappa shape index (κ1) is 16.9. The van der Waals surface area contributed by atoms with E-state index in [1.165, 1.54) is 5.69 Å². The van der Waals surface area contributed by atoms with Gasteiger partial charge in [-0.25, -0.2) is 9.36 Å². The number of nitrogens with one attached hydrogen (secondary N) is 1. The highest BCUT2D eigenvalue weighted by molar-refractivity contribution is 5.67. The minimum absolute atomic E-state index is 0. The number of rotatable bonds is 3. The first-order chi connectivity index (χ1) is 7.88. The van der Waals surface area contributed by atoms with E-state index in [-0.39, 0.29) is 23.1 Å². The smallest absolute Gasteiger partial charge is 0.407 e. The molecule has 0 aliphatic rings. The standard InChI is InChI=1S/C13H20N2O2.BrH/c1-11-7-5-6-9-15(11)10-8-14-12(16)17-13(2,3)4;/h5-7,9H,8,10H2,1-4H3;1H. The van der Waals surface area contributed by atoms with Crippen molar-refractivity contribution < 1.29 is 31.1 Å². The first-order valence-electron chi connectivity index (χ1n) is 5.80. The minimum atomic E-state index is -0.445. The van der Waals surface area contributed by atoms with Gasteiger partial charge in [0.05, 0.1) is 6.54 Å². The summed E-state index contributed by atoms with van der Waals surface area (Å²) in [5.41, 5.74) is 0.721. The zero-order valence-electron chi connectivity index (χ0n) is 11.4. The number of ether oxygens (including phenoxy) is 1. The highest BCUT2D eigenvalue weighted by atomic mass is 79.9. The molecule has 1 rings (SSSR count). The summed E-state index contributed by atoms with van der Waals surface area (Å²) in [6.07, 6.45) is 1.62. The number of aryl methyl sites for hydroxylation is 1. The molecule has 0 fully saturated rings. The number of aromatic nitrogens is 1. The van der Waals surface area contributed by atoms with Gasteiger partial charge in [0.25, 0.3) is 0 Å². The van der Waals surface area contributed by atoms with Gasteiger partial charge >= 0.3 is 6.09 Å². The van der Waals surface area contributed by atoms with Crippen LogP contribution in [-0.4, -0.2) is 18.2 Å². The van der Waals surface area contributed by atoms with Crippen molar-refractivity contribution in [1.82, 2.24) is 5.32 Å². The molecular weight excluding hydrogens is 296 g/mol. The van der Waals surface area contributed by atoms with Crippen molar-refractivity contribution in [2.45, 2.75) is 39.8 Å². The lowest BCUT2D eigenvalue weighted by Crippen LogP contribution is -3.00. The van der Waals surface area contributed by atoms with Crippen molar-refractivity contribution in [2.75, 3.05) is 6.54 Å². The fourth-order valence-corrected chi connectivity index (χ4v) is 1.41. The minimum Gasteiger partial charge on any atom is -1.00 e. The molecule has 0 saturated heterocycles. The quantitative estimate of drug-likeness (QED) is 0.713. The van der Waals surface area contributed by atoms with Crippen LogP contribution in [0.1, 0.15) is 26.5 Å². The predicted octanol–water partition coefficient (Wildman–Crippen LogP) is -1.19.